The second kappa shape index (κ2) is 6.90. The first-order valence-electron chi connectivity index (χ1n) is 4.60. The zero-order valence-corrected chi connectivity index (χ0v) is 8.04. The summed E-state index contributed by atoms with van der Waals surface area (Å²) in [6.07, 6.45) is 3.31. The maximum Gasteiger partial charge on any atom is 0.146 e. The number of hydrogen-bond donors (Lipinski definition) is 0. The Bertz CT molecular complexity index is 176. The number of rotatable bonds is 6. The highest BCUT2D eigenvalue weighted by Gasteiger charge is 2.18. The van der Waals surface area contributed by atoms with E-state index in [2.05, 4.69) is 11.8 Å². The molecule has 0 bridgehead atoms. The van der Waals surface area contributed by atoms with Crippen molar-refractivity contribution in [2.45, 2.75) is 25.4 Å². The second-order valence-corrected chi connectivity index (χ2v) is 2.91. The molecule has 0 spiro atoms. The van der Waals surface area contributed by atoms with E-state index in [0.717, 1.165) is 32.5 Å². The van der Waals surface area contributed by atoms with Crippen molar-refractivity contribution in [2.24, 2.45) is 0 Å². The first-order valence-corrected chi connectivity index (χ1v) is 4.60. The van der Waals surface area contributed by atoms with Crippen LogP contribution in [0.25, 0.3) is 0 Å². The highest BCUT2D eigenvalue weighted by Crippen LogP contribution is 2.06. The van der Waals surface area contributed by atoms with Crippen molar-refractivity contribution in [3.63, 3.8) is 0 Å². The molecule has 1 aliphatic heterocycles. The molecule has 1 saturated heterocycles. The lowest BCUT2D eigenvalue weighted by atomic mass is 10.2. The summed E-state index contributed by atoms with van der Waals surface area (Å²) in [5.74, 6) is 6.10. The summed E-state index contributed by atoms with van der Waals surface area (Å²) in [6.45, 7) is 1.97. The fraction of sp³-hybridized carbons (Fsp3) is 0.800. The van der Waals surface area contributed by atoms with E-state index in [0.29, 0.717) is 6.79 Å². The SMILES string of the molecule is COCOCCCCC#CC1CO1. The molecule has 0 saturated carbocycles. The smallest absolute Gasteiger partial charge is 0.146 e. The van der Waals surface area contributed by atoms with Crippen LogP contribution in [-0.2, 0) is 14.2 Å². The largest absolute Gasteiger partial charge is 0.359 e. The van der Waals surface area contributed by atoms with Crippen molar-refractivity contribution in [2.75, 3.05) is 27.1 Å². The van der Waals surface area contributed by atoms with Gasteiger partial charge < -0.3 is 14.2 Å². The van der Waals surface area contributed by atoms with Gasteiger partial charge in [0.05, 0.1) is 6.61 Å². The Morgan fingerprint density at radius 3 is 3.00 bits per heavy atom. The quantitative estimate of drug-likeness (QED) is 0.269. The van der Waals surface area contributed by atoms with Gasteiger partial charge in [0.25, 0.3) is 0 Å². The third-order valence-electron chi connectivity index (χ3n) is 1.64. The van der Waals surface area contributed by atoms with Gasteiger partial charge in [-0.05, 0) is 12.8 Å². The van der Waals surface area contributed by atoms with Crippen LogP contribution in [0.5, 0.6) is 0 Å². The number of methoxy groups -OCH3 is 1. The van der Waals surface area contributed by atoms with Gasteiger partial charge in [-0.3, -0.25) is 0 Å². The van der Waals surface area contributed by atoms with E-state index < -0.39 is 0 Å². The zero-order chi connectivity index (χ0) is 9.36. The molecule has 0 aromatic heterocycles. The van der Waals surface area contributed by atoms with Crippen LogP contribution in [0, 0.1) is 11.8 Å². The lowest BCUT2D eigenvalue weighted by Gasteiger charge is -1.99. The summed E-state index contributed by atoms with van der Waals surface area (Å²) in [6, 6.07) is 0. The van der Waals surface area contributed by atoms with Gasteiger partial charge in [-0.2, -0.15) is 0 Å². The van der Waals surface area contributed by atoms with E-state index in [9.17, 15) is 0 Å². The highest BCUT2D eigenvalue weighted by atomic mass is 16.7. The Labute approximate surface area is 79.4 Å². The van der Waals surface area contributed by atoms with E-state index >= 15 is 0 Å². The molecule has 3 heteroatoms. The molecule has 3 nitrogen and oxygen atoms in total. The van der Waals surface area contributed by atoms with Gasteiger partial charge in [-0.15, -0.1) is 5.92 Å². The summed E-state index contributed by atoms with van der Waals surface area (Å²) < 4.78 is 14.8. The summed E-state index contributed by atoms with van der Waals surface area (Å²) >= 11 is 0. The minimum atomic E-state index is 0.241. The molecule has 1 unspecified atom stereocenters. The van der Waals surface area contributed by atoms with Crippen LogP contribution in [-0.4, -0.2) is 33.2 Å². The van der Waals surface area contributed by atoms with Crippen LogP contribution in [0.1, 0.15) is 19.3 Å². The third-order valence-corrected chi connectivity index (χ3v) is 1.64. The Balaban J connectivity index is 1.76. The van der Waals surface area contributed by atoms with Gasteiger partial charge in [0.1, 0.15) is 12.9 Å². The van der Waals surface area contributed by atoms with Gasteiger partial charge in [-0.25, -0.2) is 0 Å². The van der Waals surface area contributed by atoms with Crippen molar-refractivity contribution >= 4 is 0 Å². The zero-order valence-electron chi connectivity index (χ0n) is 8.04. The van der Waals surface area contributed by atoms with Crippen molar-refractivity contribution in [3.8, 4) is 11.8 Å². The molecule has 1 fully saturated rings. The Kier molecular flexibility index (Phi) is 5.59. The van der Waals surface area contributed by atoms with E-state index in [4.69, 9.17) is 14.2 Å². The fourth-order valence-electron chi connectivity index (χ4n) is 0.877. The van der Waals surface area contributed by atoms with Crippen LogP contribution in [0.2, 0.25) is 0 Å². The van der Waals surface area contributed by atoms with E-state index in [1.54, 1.807) is 7.11 Å². The molecule has 1 atom stereocenters. The van der Waals surface area contributed by atoms with Gasteiger partial charge in [0.15, 0.2) is 0 Å². The summed E-state index contributed by atoms with van der Waals surface area (Å²) in [5.41, 5.74) is 0. The molecule has 13 heavy (non-hydrogen) atoms. The van der Waals surface area contributed by atoms with E-state index in [1.165, 1.54) is 0 Å². The average molecular weight is 184 g/mol. The first-order chi connectivity index (χ1) is 6.43. The van der Waals surface area contributed by atoms with Gasteiger partial charge in [0, 0.05) is 20.1 Å². The topological polar surface area (TPSA) is 31.0 Å². The molecule has 0 aromatic rings. The van der Waals surface area contributed by atoms with Crippen molar-refractivity contribution in [1.82, 2.24) is 0 Å². The second-order valence-electron chi connectivity index (χ2n) is 2.91. The van der Waals surface area contributed by atoms with Gasteiger partial charge in [0.2, 0.25) is 0 Å². The van der Waals surface area contributed by atoms with Crippen LogP contribution >= 0.6 is 0 Å². The summed E-state index contributed by atoms with van der Waals surface area (Å²) in [7, 11) is 1.63. The van der Waals surface area contributed by atoms with Crippen molar-refractivity contribution in [1.29, 1.82) is 0 Å². The normalized spacial score (nSPS) is 19.3. The molecule has 0 amide bonds. The van der Waals surface area contributed by atoms with Crippen molar-refractivity contribution in [3.05, 3.63) is 0 Å². The minimum Gasteiger partial charge on any atom is -0.359 e. The molecule has 1 heterocycles. The van der Waals surface area contributed by atoms with Crippen LogP contribution in [0.3, 0.4) is 0 Å². The van der Waals surface area contributed by atoms with E-state index in [-0.39, 0.29) is 6.10 Å². The summed E-state index contributed by atoms with van der Waals surface area (Å²) in [4.78, 5) is 0. The number of unbranched alkanes of at least 4 members (excludes halogenated alkanes) is 2. The average Bonchev–Trinajstić information content (AvgIpc) is 2.93. The predicted molar refractivity (Wildman–Crippen MR) is 49.2 cm³/mol. The highest BCUT2D eigenvalue weighted by molar-refractivity contribution is 5.09. The molecule has 1 rings (SSSR count). The number of hydrogen-bond acceptors (Lipinski definition) is 3. The van der Waals surface area contributed by atoms with Gasteiger partial charge >= 0.3 is 0 Å². The van der Waals surface area contributed by atoms with E-state index in [1.807, 2.05) is 0 Å². The van der Waals surface area contributed by atoms with Crippen molar-refractivity contribution < 1.29 is 14.2 Å². The van der Waals surface area contributed by atoms with Crippen LogP contribution in [0.4, 0.5) is 0 Å². The molecule has 0 radical (unpaired) electrons. The predicted octanol–water partition coefficient (Wildman–Crippen LogP) is 1.18. The molecular weight excluding hydrogens is 168 g/mol. The monoisotopic (exact) mass is 184 g/mol. The molecule has 74 valence electrons. The van der Waals surface area contributed by atoms with Gasteiger partial charge in [-0.1, -0.05) is 5.92 Å². The Morgan fingerprint density at radius 1 is 1.46 bits per heavy atom. The first kappa shape index (κ1) is 10.5. The van der Waals surface area contributed by atoms with Crippen LogP contribution < -0.4 is 0 Å². The Morgan fingerprint density at radius 2 is 2.31 bits per heavy atom. The fourth-order valence-corrected chi connectivity index (χ4v) is 0.877. The third kappa shape index (κ3) is 6.59. The number of epoxide rings is 1. The molecular formula is C10H16O3. The molecule has 0 aromatic carbocycles. The van der Waals surface area contributed by atoms with Crippen LogP contribution in [0.15, 0.2) is 0 Å². The lowest BCUT2D eigenvalue weighted by molar-refractivity contribution is -0.0313. The lowest BCUT2D eigenvalue weighted by Crippen LogP contribution is -1.97. The Hall–Kier alpha value is -0.560. The molecule has 0 N–H and O–H groups in total. The summed E-state index contributed by atoms with van der Waals surface area (Å²) in [5, 5.41) is 0. The minimum absolute atomic E-state index is 0.241. The number of ether oxygens (including phenoxy) is 3. The molecule has 1 aliphatic rings. The standard InChI is InChI=1S/C10H16O3/c1-11-9-12-7-5-3-2-4-6-10-8-13-10/h10H,2-3,5,7-9H2,1H3. The maximum absolute atomic E-state index is 5.13. The molecule has 0 aliphatic carbocycles. The maximum atomic E-state index is 5.13.